The highest BCUT2D eigenvalue weighted by Gasteiger charge is 2.27. The number of fused-ring (bicyclic) bond motifs is 1. The number of hydrogen-bond acceptors (Lipinski definition) is 6. The van der Waals surface area contributed by atoms with Crippen LogP contribution < -0.4 is 5.56 Å². The molecule has 0 bridgehead atoms. The minimum Gasteiger partial charge on any atom is -0.353 e. The van der Waals surface area contributed by atoms with Crippen LogP contribution in [0.5, 0.6) is 0 Å². The van der Waals surface area contributed by atoms with Gasteiger partial charge in [-0.15, -0.1) is 0 Å². The average Bonchev–Trinajstić information content (AvgIpc) is 3.73. The predicted molar refractivity (Wildman–Crippen MR) is 149 cm³/mol. The summed E-state index contributed by atoms with van der Waals surface area (Å²) in [5, 5.41) is 10.6. The van der Waals surface area contributed by atoms with Crippen LogP contribution in [0.4, 0.5) is 0 Å². The van der Waals surface area contributed by atoms with Crippen LogP contribution in [0.15, 0.2) is 47.5 Å². The van der Waals surface area contributed by atoms with Crippen molar-refractivity contribution in [2.75, 3.05) is 27.2 Å². The molecule has 198 valence electrons. The van der Waals surface area contributed by atoms with Gasteiger partial charge >= 0.3 is 0 Å². The molecule has 9 nitrogen and oxygen atoms in total. The van der Waals surface area contributed by atoms with Crippen molar-refractivity contribution in [3.8, 4) is 23.0 Å². The SMILES string of the molecule is CN(C)C(=O)c1ncccc1-c1cc(C2CC2)nc(-n2cc(C#N)c3cc(CN4CCCCC4)[nH]c3c2=O)c1. The van der Waals surface area contributed by atoms with Crippen molar-refractivity contribution in [3.05, 3.63) is 75.7 Å². The number of rotatable bonds is 6. The van der Waals surface area contributed by atoms with Gasteiger partial charge in [0.25, 0.3) is 11.5 Å². The van der Waals surface area contributed by atoms with Crippen LogP contribution in [0, 0.1) is 11.3 Å². The second-order valence-electron chi connectivity index (χ2n) is 10.8. The molecule has 6 rings (SSSR count). The van der Waals surface area contributed by atoms with Crippen LogP contribution in [0.25, 0.3) is 27.8 Å². The summed E-state index contributed by atoms with van der Waals surface area (Å²) >= 11 is 0. The summed E-state index contributed by atoms with van der Waals surface area (Å²) in [4.78, 5) is 43.1. The number of nitriles is 1. The Balaban J connectivity index is 1.48. The number of nitrogens with one attached hydrogen (secondary N) is 1. The van der Waals surface area contributed by atoms with Crippen molar-refractivity contribution in [2.24, 2.45) is 0 Å². The zero-order valence-corrected chi connectivity index (χ0v) is 22.3. The van der Waals surface area contributed by atoms with Crippen molar-refractivity contribution in [1.29, 1.82) is 5.26 Å². The first-order valence-electron chi connectivity index (χ1n) is 13.5. The number of aromatic amines is 1. The quantitative estimate of drug-likeness (QED) is 0.407. The number of amides is 1. The van der Waals surface area contributed by atoms with Crippen LogP contribution in [0.3, 0.4) is 0 Å². The van der Waals surface area contributed by atoms with Crippen LogP contribution in [0.2, 0.25) is 0 Å². The molecular formula is C30H31N7O2. The molecule has 9 heteroatoms. The van der Waals surface area contributed by atoms with E-state index in [1.165, 1.54) is 28.7 Å². The van der Waals surface area contributed by atoms with Crippen LogP contribution >= 0.6 is 0 Å². The molecule has 0 atom stereocenters. The smallest absolute Gasteiger partial charge is 0.280 e. The van der Waals surface area contributed by atoms with E-state index >= 15 is 0 Å². The van der Waals surface area contributed by atoms with Gasteiger partial charge in [0, 0.05) is 61.3 Å². The fraction of sp³-hybridized carbons (Fsp3) is 0.367. The number of pyridine rings is 3. The Hall–Kier alpha value is -4.29. The zero-order valence-electron chi connectivity index (χ0n) is 22.3. The third-order valence-corrected chi connectivity index (χ3v) is 7.62. The number of nitrogens with zero attached hydrogens (tertiary/aromatic N) is 6. The maximum atomic E-state index is 13.8. The highest BCUT2D eigenvalue weighted by Crippen LogP contribution is 2.41. The molecule has 0 unspecified atom stereocenters. The van der Waals surface area contributed by atoms with E-state index in [4.69, 9.17) is 4.98 Å². The number of piperidine rings is 1. The minimum atomic E-state index is -0.254. The maximum Gasteiger partial charge on any atom is 0.280 e. The van der Waals surface area contributed by atoms with Gasteiger partial charge < -0.3 is 9.88 Å². The molecule has 0 aromatic carbocycles. The topological polar surface area (TPSA) is 111 Å². The van der Waals surface area contributed by atoms with E-state index in [0.29, 0.717) is 39.5 Å². The fourth-order valence-corrected chi connectivity index (χ4v) is 5.40. The van der Waals surface area contributed by atoms with Crippen molar-refractivity contribution in [1.82, 2.24) is 29.3 Å². The number of carbonyl (C=O) groups is 1. The molecule has 4 aromatic rings. The molecule has 0 radical (unpaired) electrons. The van der Waals surface area contributed by atoms with Crippen LogP contribution in [0.1, 0.15) is 65.5 Å². The Morgan fingerprint density at radius 2 is 1.97 bits per heavy atom. The van der Waals surface area contributed by atoms with Gasteiger partial charge in [0.1, 0.15) is 23.1 Å². The normalized spacial score (nSPS) is 15.8. The standard InChI is InChI=1S/C30H31N7O2/c1-35(2)29(38)27-23(7-6-10-32-27)20-13-25(19-8-9-19)34-26(14-20)37-17-21(16-31)24-15-22(33-28(24)30(37)39)18-36-11-4-3-5-12-36/h6-7,10,13-15,17,19,33H,3-5,8-9,11-12,18H2,1-2H3. The summed E-state index contributed by atoms with van der Waals surface area (Å²) in [6.07, 6.45) is 8.86. The first-order valence-corrected chi connectivity index (χ1v) is 13.5. The van der Waals surface area contributed by atoms with Gasteiger partial charge in [0.15, 0.2) is 0 Å². The molecule has 1 saturated carbocycles. The Morgan fingerprint density at radius 3 is 2.69 bits per heavy atom. The molecule has 1 aliphatic carbocycles. The average molecular weight is 522 g/mol. The van der Waals surface area contributed by atoms with Gasteiger partial charge in [0.2, 0.25) is 0 Å². The molecule has 1 saturated heterocycles. The fourth-order valence-electron chi connectivity index (χ4n) is 5.40. The Bertz CT molecular complexity index is 1670. The van der Waals surface area contributed by atoms with Gasteiger partial charge in [-0.25, -0.2) is 4.98 Å². The lowest BCUT2D eigenvalue weighted by atomic mass is 10.0. The first kappa shape index (κ1) is 25.0. The summed E-state index contributed by atoms with van der Waals surface area (Å²) in [6, 6.07) is 11.7. The van der Waals surface area contributed by atoms with Gasteiger partial charge in [-0.05, 0) is 68.6 Å². The molecule has 5 heterocycles. The molecule has 39 heavy (non-hydrogen) atoms. The first-order chi connectivity index (χ1) is 18.9. The lowest BCUT2D eigenvalue weighted by Crippen LogP contribution is -2.29. The molecule has 2 aliphatic rings. The van der Waals surface area contributed by atoms with E-state index in [-0.39, 0.29) is 11.5 Å². The Kier molecular flexibility index (Phi) is 6.49. The highest BCUT2D eigenvalue weighted by molar-refractivity contribution is 5.98. The van der Waals surface area contributed by atoms with Crippen LogP contribution in [-0.4, -0.2) is 62.4 Å². The summed E-state index contributed by atoms with van der Waals surface area (Å²) in [7, 11) is 3.39. The van der Waals surface area contributed by atoms with E-state index in [1.807, 2.05) is 18.2 Å². The second kappa shape index (κ2) is 10.1. The molecular weight excluding hydrogens is 490 g/mol. The van der Waals surface area contributed by atoms with E-state index in [1.54, 1.807) is 38.6 Å². The Labute approximate surface area is 226 Å². The molecule has 1 aliphatic heterocycles. The number of carbonyl (C=O) groups excluding carboxylic acids is 1. The summed E-state index contributed by atoms with van der Waals surface area (Å²) in [5.74, 6) is 0.539. The minimum absolute atomic E-state index is 0.199. The number of likely N-dealkylation sites (tertiary alicyclic amines) is 1. The number of hydrogen-bond donors (Lipinski definition) is 1. The molecule has 1 amide bonds. The predicted octanol–water partition coefficient (Wildman–Crippen LogP) is 4.21. The summed E-state index contributed by atoms with van der Waals surface area (Å²) in [5.41, 5.74) is 4.16. The third kappa shape index (κ3) is 4.84. The maximum absolute atomic E-state index is 13.8. The number of H-pyrrole nitrogens is 1. The van der Waals surface area contributed by atoms with Gasteiger partial charge in [-0.2, -0.15) is 5.26 Å². The van der Waals surface area contributed by atoms with Crippen molar-refractivity contribution >= 4 is 16.8 Å². The molecule has 2 fully saturated rings. The Morgan fingerprint density at radius 1 is 1.18 bits per heavy atom. The second-order valence-corrected chi connectivity index (χ2v) is 10.8. The monoisotopic (exact) mass is 521 g/mol. The lowest BCUT2D eigenvalue weighted by molar-refractivity contribution is 0.0823. The summed E-state index contributed by atoms with van der Waals surface area (Å²) < 4.78 is 1.46. The van der Waals surface area contributed by atoms with Gasteiger partial charge in [-0.1, -0.05) is 12.5 Å². The largest absolute Gasteiger partial charge is 0.353 e. The molecule has 1 N–H and O–H groups in total. The van der Waals surface area contributed by atoms with E-state index in [0.717, 1.165) is 49.4 Å². The van der Waals surface area contributed by atoms with Crippen molar-refractivity contribution in [2.45, 2.75) is 44.6 Å². The number of aromatic nitrogens is 4. The van der Waals surface area contributed by atoms with Gasteiger partial charge in [0.05, 0.1) is 5.56 Å². The zero-order chi connectivity index (χ0) is 27.1. The van der Waals surface area contributed by atoms with E-state index < -0.39 is 0 Å². The van der Waals surface area contributed by atoms with E-state index in [2.05, 4.69) is 20.9 Å². The third-order valence-electron chi connectivity index (χ3n) is 7.62. The van der Waals surface area contributed by atoms with Gasteiger partial charge in [-0.3, -0.25) is 24.0 Å². The molecule has 0 spiro atoms. The highest BCUT2D eigenvalue weighted by atomic mass is 16.2. The van der Waals surface area contributed by atoms with Crippen LogP contribution in [-0.2, 0) is 6.54 Å². The van der Waals surface area contributed by atoms with E-state index in [9.17, 15) is 14.9 Å². The van der Waals surface area contributed by atoms with Crippen molar-refractivity contribution in [3.63, 3.8) is 0 Å². The summed E-state index contributed by atoms with van der Waals surface area (Å²) in [6.45, 7) is 2.80. The lowest BCUT2D eigenvalue weighted by Gasteiger charge is -2.25. The molecule has 4 aromatic heterocycles. The van der Waals surface area contributed by atoms with Crippen molar-refractivity contribution < 1.29 is 4.79 Å².